The Morgan fingerprint density at radius 3 is 2.58 bits per heavy atom. The largest absolute Gasteiger partial charge is 0.416 e. The van der Waals surface area contributed by atoms with Crippen LogP contribution in [0.4, 0.5) is 13.2 Å². The van der Waals surface area contributed by atoms with E-state index in [-0.39, 0.29) is 17.9 Å². The van der Waals surface area contributed by atoms with E-state index in [4.69, 9.17) is 0 Å². The molecule has 3 rings (SSSR count). The van der Waals surface area contributed by atoms with E-state index in [0.29, 0.717) is 18.0 Å². The van der Waals surface area contributed by atoms with Gasteiger partial charge in [0.25, 0.3) is 0 Å². The van der Waals surface area contributed by atoms with Crippen LogP contribution in [0.3, 0.4) is 0 Å². The van der Waals surface area contributed by atoms with E-state index in [0.717, 1.165) is 31.9 Å². The van der Waals surface area contributed by atoms with Crippen molar-refractivity contribution < 1.29 is 18.0 Å². The zero-order valence-corrected chi connectivity index (χ0v) is 13.6. The van der Waals surface area contributed by atoms with Crippen LogP contribution in [-0.2, 0) is 16.4 Å². The number of benzene rings is 1. The van der Waals surface area contributed by atoms with Crippen LogP contribution >= 0.6 is 0 Å². The highest BCUT2D eigenvalue weighted by atomic mass is 19.4. The Labute approximate surface area is 140 Å². The summed E-state index contributed by atoms with van der Waals surface area (Å²) in [6.45, 7) is 1.54. The number of alkyl halides is 3. The van der Waals surface area contributed by atoms with Crippen LogP contribution in [-0.4, -0.2) is 25.5 Å². The molecule has 0 atom stereocenters. The summed E-state index contributed by atoms with van der Waals surface area (Å²) in [5, 5.41) is 6.02. The minimum absolute atomic E-state index is 0.0890. The molecule has 132 valence electrons. The second-order valence-corrected chi connectivity index (χ2v) is 7.06. The summed E-state index contributed by atoms with van der Waals surface area (Å²) >= 11 is 0. The Kier molecular flexibility index (Phi) is 4.85. The maximum atomic E-state index is 12.9. The standard InChI is InChI=1S/C18H23F3N2O/c19-18(20,21)15-4-1-3-14(9-15)17(7-2-8-17)12-23-16(24)11-22-10-13-5-6-13/h1,3-4,9,13,22H,2,5-8,10-12H2,(H,23,24). The first-order chi connectivity index (χ1) is 11.4. The Balaban J connectivity index is 1.58. The molecule has 0 saturated heterocycles. The van der Waals surface area contributed by atoms with Gasteiger partial charge in [0, 0.05) is 12.0 Å². The summed E-state index contributed by atoms with van der Waals surface area (Å²) in [6, 6.07) is 5.52. The van der Waals surface area contributed by atoms with Crippen LogP contribution in [0.1, 0.15) is 43.2 Å². The molecule has 0 radical (unpaired) electrons. The molecule has 2 aliphatic carbocycles. The smallest absolute Gasteiger partial charge is 0.354 e. The van der Waals surface area contributed by atoms with Crippen LogP contribution in [0.5, 0.6) is 0 Å². The molecule has 2 N–H and O–H groups in total. The van der Waals surface area contributed by atoms with Gasteiger partial charge in [0.2, 0.25) is 5.91 Å². The molecule has 1 aromatic rings. The van der Waals surface area contributed by atoms with Crippen molar-refractivity contribution in [3.8, 4) is 0 Å². The molecule has 2 aliphatic rings. The molecule has 0 unspecified atom stereocenters. The molecule has 1 amide bonds. The van der Waals surface area contributed by atoms with Gasteiger partial charge in [-0.1, -0.05) is 24.6 Å². The van der Waals surface area contributed by atoms with Gasteiger partial charge in [-0.15, -0.1) is 0 Å². The van der Waals surface area contributed by atoms with E-state index in [1.165, 1.54) is 25.0 Å². The minimum atomic E-state index is -4.34. The Hall–Kier alpha value is -1.56. The highest BCUT2D eigenvalue weighted by Crippen LogP contribution is 2.44. The normalized spacial score (nSPS) is 19.6. The number of halogens is 3. The van der Waals surface area contributed by atoms with E-state index in [1.807, 2.05) is 0 Å². The topological polar surface area (TPSA) is 41.1 Å². The summed E-state index contributed by atoms with van der Waals surface area (Å²) in [5.41, 5.74) is -0.300. The second kappa shape index (κ2) is 6.75. The summed E-state index contributed by atoms with van der Waals surface area (Å²) in [5.74, 6) is 0.620. The maximum absolute atomic E-state index is 12.9. The number of rotatable bonds is 7. The third-order valence-corrected chi connectivity index (χ3v) is 5.15. The van der Waals surface area contributed by atoms with Crippen LogP contribution in [0.2, 0.25) is 0 Å². The van der Waals surface area contributed by atoms with E-state index in [1.54, 1.807) is 6.07 Å². The van der Waals surface area contributed by atoms with Gasteiger partial charge in [-0.05, 0) is 49.8 Å². The third kappa shape index (κ3) is 4.09. The molecule has 24 heavy (non-hydrogen) atoms. The van der Waals surface area contributed by atoms with Gasteiger partial charge < -0.3 is 10.6 Å². The molecule has 3 nitrogen and oxygen atoms in total. The molecule has 1 aromatic carbocycles. The maximum Gasteiger partial charge on any atom is 0.416 e. The van der Waals surface area contributed by atoms with Crippen molar-refractivity contribution in [2.75, 3.05) is 19.6 Å². The number of carbonyl (C=O) groups excluding carboxylic acids is 1. The van der Waals surface area contributed by atoms with Crippen molar-refractivity contribution in [1.29, 1.82) is 0 Å². The number of hydrogen-bond donors (Lipinski definition) is 2. The molecular formula is C18H23F3N2O. The fourth-order valence-electron chi connectivity index (χ4n) is 3.24. The Morgan fingerprint density at radius 1 is 1.25 bits per heavy atom. The van der Waals surface area contributed by atoms with Crippen LogP contribution in [0, 0.1) is 5.92 Å². The van der Waals surface area contributed by atoms with Crippen LogP contribution < -0.4 is 10.6 Å². The lowest BCUT2D eigenvalue weighted by atomic mass is 9.64. The summed E-state index contributed by atoms with van der Waals surface area (Å²) in [7, 11) is 0. The molecule has 2 fully saturated rings. The van der Waals surface area contributed by atoms with Crippen molar-refractivity contribution in [3.63, 3.8) is 0 Å². The fourth-order valence-corrected chi connectivity index (χ4v) is 3.24. The zero-order chi connectivity index (χ0) is 17.2. The quantitative estimate of drug-likeness (QED) is 0.800. The molecule has 6 heteroatoms. The van der Waals surface area contributed by atoms with E-state index >= 15 is 0 Å². The molecule has 0 heterocycles. The van der Waals surface area contributed by atoms with Crippen molar-refractivity contribution in [3.05, 3.63) is 35.4 Å². The van der Waals surface area contributed by atoms with Crippen molar-refractivity contribution >= 4 is 5.91 Å². The van der Waals surface area contributed by atoms with Crippen LogP contribution in [0.15, 0.2) is 24.3 Å². The first-order valence-corrected chi connectivity index (χ1v) is 8.54. The highest BCUT2D eigenvalue weighted by molar-refractivity contribution is 5.78. The third-order valence-electron chi connectivity index (χ3n) is 5.15. The molecular weight excluding hydrogens is 317 g/mol. The Bertz CT molecular complexity index is 592. The number of nitrogens with one attached hydrogen (secondary N) is 2. The molecule has 0 bridgehead atoms. The fraction of sp³-hybridized carbons (Fsp3) is 0.611. The number of hydrogen-bond acceptors (Lipinski definition) is 2. The van der Waals surface area contributed by atoms with Crippen LogP contribution in [0.25, 0.3) is 0 Å². The van der Waals surface area contributed by atoms with Crippen molar-refractivity contribution in [2.24, 2.45) is 5.92 Å². The molecule has 0 spiro atoms. The monoisotopic (exact) mass is 340 g/mol. The van der Waals surface area contributed by atoms with Gasteiger partial charge in [0.05, 0.1) is 12.1 Å². The predicted molar refractivity (Wildman–Crippen MR) is 85.6 cm³/mol. The number of amides is 1. The van der Waals surface area contributed by atoms with Gasteiger partial charge >= 0.3 is 6.18 Å². The lowest BCUT2D eigenvalue weighted by molar-refractivity contribution is -0.137. The summed E-state index contributed by atoms with van der Waals surface area (Å²) in [4.78, 5) is 11.9. The second-order valence-electron chi connectivity index (χ2n) is 7.06. The lowest BCUT2D eigenvalue weighted by Gasteiger charge is -2.43. The molecule has 2 saturated carbocycles. The SMILES string of the molecule is O=C(CNCC1CC1)NCC1(c2cccc(C(F)(F)F)c2)CCC1. The first kappa shape index (κ1) is 17.3. The number of carbonyl (C=O) groups is 1. The average Bonchev–Trinajstić information content (AvgIpc) is 3.30. The van der Waals surface area contributed by atoms with Crippen molar-refractivity contribution in [2.45, 2.75) is 43.7 Å². The van der Waals surface area contributed by atoms with E-state index in [2.05, 4.69) is 10.6 Å². The summed E-state index contributed by atoms with van der Waals surface area (Å²) < 4.78 is 38.8. The van der Waals surface area contributed by atoms with Gasteiger partial charge in [-0.25, -0.2) is 0 Å². The molecule has 0 aliphatic heterocycles. The van der Waals surface area contributed by atoms with Gasteiger partial charge in [0.1, 0.15) is 0 Å². The van der Waals surface area contributed by atoms with Gasteiger partial charge in [0.15, 0.2) is 0 Å². The first-order valence-electron chi connectivity index (χ1n) is 8.54. The van der Waals surface area contributed by atoms with Gasteiger partial charge in [-0.3, -0.25) is 4.79 Å². The predicted octanol–water partition coefficient (Wildman–Crippen LogP) is 3.24. The van der Waals surface area contributed by atoms with Crippen molar-refractivity contribution in [1.82, 2.24) is 10.6 Å². The van der Waals surface area contributed by atoms with E-state index in [9.17, 15) is 18.0 Å². The zero-order valence-electron chi connectivity index (χ0n) is 13.6. The lowest BCUT2D eigenvalue weighted by Crippen LogP contribution is -2.47. The summed E-state index contributed by atoms with van der Waals surface area (Å²) in [6.07, 6.45) is 0.720. The van der Waals surface area contributed by atoms with Gasteiger partial charge in [-0.2, -0.15) is 13.2 Å². The minimum Gasteiger partial charge on any atom is -0.354 e. The Morgan fingerprint density at radius 2 is 2.00 bits per heavy atom. The average molecular weight is 340 g/mol. The van der Waals surface area contributed by atoms with E-state index < -0.39 is 11.7 Å². The highest BCUT2D eigenvalue weighted by Gasteiger charge is 2.40. The molecule has 0 aromatic heterocycles.